The molecule has 0 saturated carbocycles. The molecule has 0 fully saturated rings. The first kappa shape index (κ1) is 19.3. The van der Waals surface area contributed by atoms with Crippen LogP contribution in [-0.2, 0) is 4.79 Å². The molecule has 29 heavy (non-hydrogen) atoms. The fourth-order valence-electron chi connectivity index (χ4n) is 3.93. The number of carbonyl (C=O) groups is 1. The second kappa shape index (κ2) is 7.43. The van der Waals surface area contributed by atoms with Crippen molar-refractivity contribution in [2.24, 2.45) is 0 Å². The van der Waals surface area contributed by atoms with Crippen molar-refractivity contribution >= 4 is 16.7 Å². The number of hydrogen-bond acceptors (Lipinski definition) is 3. The normalized spacial score (nSPS) is 18.4. The van der Waals surface area contributed by atoms with E-state index in [1.807, 2.05) is 75.4 Å². The molecule has 3 aromatic rings. The molecule has 1 amide bonds. The van der Waals surface area contributed by atoms with Crippen LogP contribution in [0.25, 0.3) is 10.8 Å². The number of ether oxygens (including phenoxy) is 2. The lowest BCUT2D eigenvalue weighted by Gasteiger charge is -2.38. The van der Waals surface area contributed by atoms with Crippen LogP contribution in [0.15, 0.2) is 60.7 Å². The summed E-state index contributed by atoms with van der Waals surface area (Å²) in [5.74, 6) is 1.42. The maximum absolute atomic E-state index is 13.0. The maximum atomic E-state index is 13.0. The highest BCUT2D eigenvalue weighted by Crippen LogP contribution is 2.40. The van der Waals surface area contributed by atoms with Crippen LogP contribution in [0.3, 0.4) is 0 Å². The predicted molar refractivity (Wildman–Crippen MR) is 115 cm³/mol. The molecule has 0 bridgehead atoms. The summed E-state index contributed by atoms with van der Waals surface area (Å²) >= 11 is 0. The predicted octanol–water partition coefficient (Wildman–Crippen LogP) is 5.33. The average molecular weight is 389 g/mol. The van der Waals surface area contributed by atoms with Crippen LogP contribution in [0.4, 0.5) is 0 Å². The van der Waals surface area contributed by atoms with Gasteiger partial charge in [-0.1, -0.05) is 54.1 Å². The fourth-order valence-corrected chi connectivity index (χ4v) is 3.93. The van der Waals surface area contributed by atoms with E-state index in [-0.39, 0.29) is 17.6 Å². The van der Waals surface area contributed by atoms with Gasteiger partial charge in [-0.15, -0.1) is 0 Å². The number of carbonyl (C=O) groups excluding carboxylic acids is 1. The van der Waals surface area contributed by atoms with Gasteiger partial charge in [-0.25, -0.2) is 0 Å². The minimum Gasteiger partial charge on any atom is -0.487 e. The first-order chi connectivity index (χ1) is 13.8. The van der Waals surface area contributed by atoms with Gasteiger partial charge in [-0.3, -0.25) is 4.79 Å². The number of fused-ring (bicyclic) bond motifs is 2. The first-order valence-corrected chi connectivity index (χ1v) is 10.1. The Labute approximate surface area is 171 Å². The monoisotopic (exact) mass is 389 g/mol. The maximum Gasteiger partial charge on any atom is 0.261 e. The summed E-state index contributed by atoms with van der Waals surface area (Å²) in [5, 5.41) is 5.28. The smallest absolute Gasteiger partial charge is 0.261 e. The van der Waals surface area contributed by atoms with Crippen LogP contribution < -0.4 is 14.8 Å². The van der Waals surface area contributed by atoms with Crippen LogP contribution >= 0.6 is 0 Å². The van der Waals surface area contributed by atoms with E-state index in [0.717, 1.165) is 27.6 Å². The van der Waals surface area contributed by atoms with E-state index in [1.54, 1.807) is 6.92 Å². The molecule has 2 atom stereocenters. The molecule has 0 radical (unpaired) electrons. The Hall–Kier alpha value is -3.01. The van der Waals surface area contributed by atoms with E-state index in [9.17, 15) is 4.79 Å². The van der Waals surface area contributed by atoms with Crippen molar-refractivity contribution in [3.63, 3.8) is 0 Å². The van der Waals surface area contributed by atoms with Gasteiger partial charge in [-0.2, -0.15) is 0 Å². The minimum absolute atomic E-state index is 0.111. The van der Waals surface area contributed by atoms with E-state index >= 15 is 0 Å². The van der Waals surface area contributed by atoms with Gasteiger partial charge in [0.2, 0.25) is 0 Å². The molecule has 1 aliphatic heterocycles. The lowest BCUT2D eigenvalue weighted by Crippen LogP contribution is -2.44. The summed E-state index contributed by atoms with van der Waals surface area (Å²) in [6, 6.07) is 19.9. The molecule has 1 heterocycles. The molecule has 0 saturated heterocycles. The van der Waals surface area contributed by atoms with Crippen LogP contribution in [-0.4, -0.2) is 17.6 Å². The Kier molecular flexibility index (Phi) is 4.95. The first-order valence-electron chi connectivity index (χ1n) is 10.1. The van der Waals surface area contributed by atoms with Crippen molar-refractivity contribution < 1.29 is 14.3 Å². The van der Waals surface area contributed by atoms with Crippen molar-refractivity contribution in [3.8, 4) is 11.5 Å². The molecule has 0 aromatic heterocycles. The molecule has 1 aliphatic rings. The van der Waals surface area contributed by atoms with Crippen molar-refractivity contribution in [1.29, 1.82) is 0 Å². The van der Waals surface area contributed by atoms with E-state index in [0.29, 0.717) is 12.2 Å². The zero-order valence-electron chi connectivity index (χ0n) is 17.4. The Morgan fingerprint density at radius 2 is 1.90 bits per heavy atom. The van der Waals surface area contributed by atoms with Crippen molar-refractivity contribution in [1.82, 2.24) is 5.32 Å². The number of amides is 1. The highest BCUT2D eigenvalue weighted by molar-refractivity contribution is 5.89. The standard InChI is InChI=1S/C25H27NO3/c1-16-12-13-23-20(14-16)21(15-25(3,4)29-23)26-24(27)17(2)28-22-11-7-9-18-8-5-6-10-19(18)22/h5-14,17,21H,15H2,1-4H3,(H,26,27)/t17-,21-/m1/s1. The number of hydrogen-bond donors (Lipinski definition) is 1. The Morgan fingerprint density at radius 1 is 1.14 bits per heavy atom. The van der Waals surface area contributed by atoms with Gasteiger partial charge < -0.3 is 14.8 Å². The molecule has 0 aliphatic carbocycles. The van der Waals surface area contributed by atoms with Gasteiger partial charge in [0, 0.05) is 17.4 Å². The van der Waals surface area contributed by atoms with Crippen LogP contribution in [0.2, 0.25) is 0 Å². The summed E-state index contributed by atoms with van der Waals surface area (Å²) in [6.45, 7) is 7.93. The SMILES string of the molecule is Cc1ccc2c(c1)[C@H](NC(=O)[C@@H](C)Oc1cccc3ccccc13)CC(C)(C)O2. The average Bonchev–Trinajstić information content (AvgIpc) is 2.68. The van der Waals surface area contributed by atoms with Crippen molar-refractivity contribution in [2.75, 3.05) is 0 Å². The largest absolute Gasteiger partial charge is 0.487 e. The number of nitrogens with one attached hydrogen (secondary N) is 1. The van der Waals surface area contributed by atoms with Gasteiger partial charge >= 0.3 is 0 Å². The molecule has 1 N–H and O–H groups in total. The van der Waals surface area contributed by atoms with E-state index in [1.165, 1.54) is 0 Å². The second-order valence-corrected chi connectivity index (χ2v) is 8.41. The Balaban J connectivity index is 1.54. The Morgan fingerprint density at radius 3 is 2.72 bits per heavy atom. The number of rotatable bonds is 4. The zero-order chi connectivity index (χ0) is 20.6. The van der Waals surface area contributed by atoms with E-state index < -0.39 is 6.10 Å². The molecule has 4 heteroatoms. The van der Waals surface area contributed by atoms with Gasteiger partial charge in [0.15, 0.2) is 6.10 Å². The molecular weight excluding hydrogens is 362 g/mol. The molecular formula is C25H27NO3. The minimum atomic E-state index is -0.611. The van der Waals surface area contributed by atoms with Gasteiger partial charge in [0.1, 0.15) is 17.1 Å². The molecule has 4 rings (SSSR count). The lowest BCUT2D eigenvalue weighted by molar-refractivity contribution is -0.128. The van der Waals surface area contributed by atoms with E-state index in [4.69, 9.17) is 9.47 Å². The van der Waals surface area contributed by atoms with Crippen molar-refractivity contribution in [2.45, 2.75) is 51.9 Å². The number of aryl methyl sites for hydroxylation is 1. The van der Waals surface area contributed by atoms with Crippen LogP contribution in [0.1, 0.15) is 44.4 Å². The Bertz CT molecular complexity index is 1050. The van der Waals surface area contributed by atoms with Gasteiger partial charge in [-0.05, 0) is 45.2 Å². The summed E-state index contributed by atoms with van der Waals surface area (Å²) in [6.07, 6.45) is 0.0935. The molecule has 3 aromatic carbocycles. The van der Waals surface area contributed by atoms with E-state index in [2.05, 4.69) is 11.4 Å². The van der Waals surface area contributed by atoms with Crippen LogP contribution in [0, 0.1) is 6.92 Å². The second-order valence-electron chi connectivity index (χ2n) is 8.41. The highest BCUT2D eigenvalue weighted by Gasteiger charge is 2.35. The molecule has 0 unspecified atom stereocenters. The van der Waals surface area contributed by atoms with Gasteiger partial charge in [0.25, 0.3) is 5.91 Å². The zero-order valence-corrected chi connectivity index (χ0v) is 17.4. The number of benzene rings is 3. The van der Waals surface area contributed by atoms with Crippen LogP contribution in [0.5, 0.6) is 11.5 Å². The summed E-state index contributed by atoms with van der Waals surface area (Å²) in [4.78, 5) is 13.0. The summed E-state index contributed by atoms with van der Waals surface area (Å²) in [7, 11) is 0. The molecule has 4 nitrogen and oxygen atoms in total. The molecule has 150 valence electrons. The highest BCUT2D eigenvalue weighted by atomic mass is 16.5. The third-order valence-corrected chi connectivity index (χ3v) is 5.36. The summed E-state index contributed by atoms with van der Waals surface area (Å²) < 4.78 is 12.2. The van der Waals surface area contributed by atoms with Gasteiger partial charge in [0.05, 0.1) is 6.04 Å². The topological polar surface area (TPSA) is 47.6 Å². The summed E-state index contributed by atoms with van der Waals surface area (Å²) in [5.41, 5.74) is 1.82. The molecule has 0 spiro atoms. The third kappa shape index (κ3) is 4.07. The lowest BCUT2D eigenvalue weighted by atomic mass is 9.89. The third-order valence-electron chi connectivity index (χ3n) is 5.36. The van der Waals surface area contributed by atoms with Crippen molar-refractivity contribution in [3.05, 3.63) is 71.8 Å². The quantitative estimate of drug-likeness (QED) is 0.656. The fraction of sp³-hybridized carbons (Fsp3) is 0.320.